The summed E-state index contributed by atoms with van der Waals surface area (Å²) in [6, 6.07) is 7.70. The van der Waals surface area contributed by atoms with E-state index in [0.717, 1.165) is 5.69 Å². The quantitative estimate of drug-likeness (QED) is 0.752. The maximum Gasteiger partial charge on any atom is 0.278 e. The molecule has 0 amide bonds. The van der Waals surface area contributed by atoms with Crippen LogP contribution >= 0.6 is 0 Å². The predicted molar refractivity (Wildman–Crippen MR) is 62.0 cm³/mol. The van der Waals surface area contributed by atoms with Crippen LogP contribution in [0.4, 0.5) is 4.39 Å². The van der Waals surface area contributed by atoms with Crippen LogP contribution in [0.15, 0.2) is 34.9 Å². The monoisotopic (exact) mass is 244 g/mol. The first-order valence-corrected chi connectivity index (χ1v) is 5.34. The molecule has 0 bridgehead atoms. The molecule has 2 aromatic heterocycles. The van der Waals surface area contributed by atoms with Gasteiger partial charge in [-0.15, -0.1) is 0 Å². The van der Waals surface area contributed by atoms with Gasteiger partial charge in [0, 0.05) is 11.3 Å². The molecule has 2 heterocycles. The minimum atomic E-state index is -0.301. The van der Waals surface area contributed by atoms with Crippen molar-refractivity contribution in [2.45, 2.75) is 6.92 Å². The van der Waals surface area contributed by atoms with E-state index in [-0.39, 0.29) is 5.82 Å². The van der Waals surface area contributed by atoms with E-state index < -0.39 is 0 Å². The number of aromatic nitrogens is 4. The number of hydrogen-bond donors (Lipinski definition) is 1. The summed E-state index contributed by atoms with van der Waals surface area (Å²) < 4.78 is 17.9. The molecular weight excluding hydrogens is 235 g/mol. The SMILES string of the molecule is Cc1cc(-c2nc(-c3ccc(F)cc3)no2)n[nH]1. The number of aromatic amines is 1. The number of hydrogen-bond acceptors (Lipinski definition) is 4. The molecule has 0 unspecified atom stereocenters. The molecule has 3 aromatic rings. The highest BCUT2D eigenvalue weighted by atomic mass is 19.1. The Morgan fingerprint density at radius 1 is 1.22 bits per heavy atom. The lowest BCUT2D eigenvalue weighted by atomic mass is 10.2. The summed E-state index contributed by atoms with van der Waals surface area (Å²) in [6.45, 7) is 1.88. The second-order valence-corrected chi connectivity index (χ2v) is 3.87. The molecule has 0 aliphatic heterocycles. The molecule has 1 aromatic carbocycles. The molecule has 5 nitrogen and oxygen atoms in total. The Hall–Kier alpha value is -2.50. The van der Waals surface area contributed by atoms with E-state index in [1.165, 1.54) is 12.1 Å². The van der Waals surface area contributed by atoms with Crippen LogP contribution in [0.25, 0.3) is 23.0 Å². The summed E-state index contributed by atoms with van der Waals surface area (Å²) in [5, 5.41) is 10.7. The van der Waals surface area contributed by atoms with Gasteiger partial charge in [-0.3, -0.25) is 5.10 Å². The first kappa shape index (κ1) is 10.6. The van der Waals surface area contributed by atoms with Crippen LogP contribution in [0.2, 0.25) is 0 Å². The van der Waals surface area contributed by atoms with E-state index in [1.807, 2.05) is 13.0 Å². The molecule has 90 valence electrons. The van der Waals surface area contributed by atoms with Gasteiger partial charge in [0.1, 0.15) is 5.82 Å². The lowest BCUT2D eigenvalue weighted by Crippen LogP contribution is -1.82. The number of nitrogens with one attached hydrogen (secondary N) is 1. The molecule has 6 heteroatoms. The van der Waals surface area contributed by atoms with Gasteiger partial charge in [-0.25, -0.2) is 4.39 Å². The fraction of sp³-hybridized carbons (Fsp3) is 0.0833. The molecule has 1 N–H and O–H groups in total. The van der Waals surface area contributed by atoms with E-state index in [1.54, 1.807) is 12.1 Å². The van der Waals surface area contributed by atoms with Crippen molar-refractivity contribution in [3.63, 3.8) is 0 Å². The van der Waals surface area contributed by atoms with Gasteiger partial charge in [-0.2, -0.15) is 10.1 Å². The van der Waals surface area contributed by atoms with Crippen molar-refractivity contribution >= 4 is 0 Å². The van der Waals surface area contributed by atoms with Crippen molar-refractivity contribution in [1.82, 2.24) is 20.3 Å². The summed E-state index contributed by atoms with van der Waals surface area (Å²) in [7, 11) is 0. The van der Waals surface area contributed by atoms with Crippen LogP contribution in [0, 0.1) is 12.7 Å². The minimum Gasteiger partial charge on any atom is -0.332 e. The first-order chi connectivity index (χ1) is 8.72. The Morgan fingerprint density at radius 2 is 2.00 bits per heavy atom. The number of benzene rings is 1. The number of aryl methyl sites for hydroxylation is 1. The third kappa shape index (κ3) is 1.88. The highest BCUT2D eigenvalue weighted by Gasteiger charge is 2.12. The molecule has 0 fully saturated rings. The third-order valence-corrected chi connectivity index (χ3v) is 2.45. The number of halogens is 1. The topological polar surface area (TPSA) is 67.6 Å². The lowest BCUT2D eigenvalue weighted by Gasteiger charge is -1.92. The fourth-order valence-corrected chi connectivity index (χ4v) is 1.57. The molecule has 0 saturated carbocycles. The molecule has 18 heavy (non-hydrogen) atoms. The number of nitrogens with zero attached hydrogens (tertiary/aromatic N) is 3. The molecule has 0 saturated heterocycles. The maximum atomic E-state index is 12.8. The van der Waals surface area contributed by atoms with Crippen LogP contribution in [-0.2, 0) is 0 Å². The standard InChI is InChI=1S/C12H9FN4O/c1-7-6-10(16-15-7)12-14-11(17-18-12)8-2-4-9(13)5-3-8/h2-6H,1H3,(H,15,16). The molecule has 0 atom stereocenters. The Labute approximate surface area is 102 Å². The highest BCUT2D eigenvalue weighted by molar-refractivity contribution is 5.57. The van der Waals surface area contributed by atoms with Gasteiger partial charge >= 0.3 is 0 Å². The smallest absolute Gasteiger partial charge is 0.278 e. The highest BCUT2D eigenvalue weighted by Crippen LogP contribution is 2.21. The van der Waals surface area contributed by atoms with E-state index in [0.29, 0.717) is 23.0 Å². The van der Waals surface area contributed by atoms with Crippen molar-refractivity contribution in [3.05, 3.63) is 41.8 Å². The van der Waals surface area contributed by atoms with E-state index in [2.05, 4.69) is 20.3 Å². The van der Waals surface area contributed by atoms with Crippen molar-refractivity contribution in [2.24, 2.45) is 0 Å². The molecule has 0 radical (unpaired) electrons. The molecule has 3 rings (SSSR count). The average Bonchev–Trinajstić information content (AvgIpc) is 2.98. The van der Waals surface area contributed by atoms with Gasteiger partial charge in [0.05, 0.1) is 0 Å². The van der Waals surface area contributed by atoms with Crippen molar-refractivity contribution in [2.75, 3.05) is 0 Å². The molecule has 0 aliphatic carbocycles. The predicted octanol–water partition coefficient (Wildman–Crippen LogP) is 2.57. The van der Waals surface area contributed by atoms with Gasteiger partial charge in [0.25, 0.3) is 5.89 Å². The van der Waals surface area contributed by atoms with Crippen LogP contribution in [-0.4, -0.2) is 20.3 Å². The Balaban J connectivity index is 1.96. The van der Waals surface area contributed by atoms with Gasteiger partial charge in [0.2, 0.25) is 5.82 Å². The van der Waals surface area contributed by atoms with Gasteiger partial charge in [0.15, 0.2) is 5.69 Å². The van der Waals surface area contributed by atoms with Crippen LogP contribution in [0.3, 0.4) is 0 Å². The summed E-state index contributed by atoms with van der Waals surface area (Å²) in [5.74, 6) is 0.440. The second kappa shape index (κ2) is 4.06. The minimum absolute atomic E-state index is 0.301. The van der Waals surface area contributed by atoms with Crippen LogP contribution in [0.5, 0.6) is 0 Å². The largest absolute Gasteiger partial charge is 0.332 e. The zero-order valence-corrected chi connectivity index (χ0v) is 9.51. The summed E-state index contributed by atoms with van der Waals surface area (Å²) in [6.07, 6.45) is 0. The van der Waals surface area contributed by atoms with Crippen molar-refractivity contribution in [1.29, 1.82) is 0 Å². The Kier molecular flexibility index (Phi) is 2.40. The van der Waals surface area contributed by atoms with Crippen molar-refractivity contribution in [3.8, 4) is 23.0 Å². The normalized spacial score (nSPS) is 10.8. The fourth-order valence-electron chi connectivity index (χ4n) is 1.57. The number of rotatable bonds is 2. The second-order valence-electron chi connectivity index (χ2n) is 3.87. The maximum absolute atomic E-state index is 12.8. The lowest BCUT2D eigenvalue weighted by molar-refractivity contribution is 0.431. The van der Waals surface area contributed by atoms with Gasteiger partial charge in [-0.05, 0) is 37.3 Å². The van der Waals surface area contributed by atoms with Gasteiger partial charge in [-0.1, -0.05) is 5.16 Å². The zero-order chi connectivity index (χ0) is 12.5. The van der Waals surface area contributed by atoms with E-state index >= 15 is 0 Å². The molecule has 0 aliphatic rings. The Bertz CT molecular complexity index is 671. The zero-order valence-electron chi connectivity index (χ0n) is 9.51. The van der Waals surface area contributed by atoms with Crippen LogP contribution in [0.1, 0.15) is 5.69 Å². The summed E-state index contributed by atoms with van der Waals surface area (Å²) >= 11 is 0. The van der Waals surface area contributed by atoms with E-state index in [4.69, 9.17) is 4.52 Å². The molecule has 0 spiro atoms. The summed E-state index contributed by atoms with van der Waals surface area (Å²) in [4.78, 5) is 4.21. The van der Waals surface area contributed by atoms with Crippen LogP contribution < -0.4 is 0 Å². The molecular formula is C12H9FN4O. The van der Waals surface area contributed by atoms with Gasteiger partial charge < -0.3 is 4.52 Å². The Morgan fingerprint density at radius 3 is 2.67 bits per heavy atom. The third-order valence-electron chi connectivity index (χ3n) is 2.45. The first-order valence-electron chi connectivity index (χ1n) is 5.34. The average molecular weight is 244 g/mol. The van der Waals surface area contributed by atoms with E-state index in [9.17, 15) is 4.39 Å². The van der Waals surface area contributed by atoms with Crippen molar-refractivity contribution < 1.29 is 8.91 Å². The number of H-pyrrole nitrogens is 1. The summed E-state index contributed by atoms with van der Waals surface area (Å²) in [5.41, 5.74) is 2.19.